The van der Waals surface area contributed by atoms with Crippen LogP contribution in [0, 0.1) is 12.7 Å². The SMILES string of the molecule is CCOc1ccc(C(Br)c2cc(C)ccc2F)cc1. The quantitative estimate of drug-likeness (QED) is 0.718. The smallest absolute Gasteiger partial charge is 0.127 e. The standard InChI is InChI=1S/C16H16BrFO/c1-3-19-13-7-5-12(6-8-13)16(17)14-10-11(2)4-9-15(14)18/h4-10,16H,3H2,1-2H3. The molecule has 0 N–H and O–H groups in total. The molecular weight excluding hydrogens is 307 g/mol. The van der Waals surface area contributed by atoms with E-state index in [1.807, 2.05) is 44.2 Å². The van der Waals surface area contributed by atoms with Crippen molar-refractivity contribution in [3.8, 4) is 5.75 Å². The Hall–Kier alpha value is -1.35. The first kappa shape index (κ1) is 14.1. The van der Waals surface area contributed by atoms with Crippen molar-refractivity contribution in [2.75, 3.05) is 6.61 Å². The monoisotopic (exact) mass is 322 g/mol. The van der Waals surface area contributed by atoms with Gasteiger partial charge in [0.25, 0.3) is 0 Å². The highest BCUT2D eigenvalue weighted by molar-refractivity contribution is 9.09. The van der Waals surface area contributed by atoms with Crippen molar-refractivity contribution >= 4 is 15.9 Å². The molecule has 1 atom stereocenters. The number of hydrogen-bond donors (Lipinski definition) is 0. The number of benzene rings is 2. The molecule has 0 saturated carbocycles. The number of rotatable bonds is 4. The van der Waals surface area contributed by atoms with Crippen LogP contribution >= 0.6 is 15.9 Å². The van der Waals surface area contributed by atoms with Crippen molar-refractivity contribution in [1.82, 2.24) is 0 Å². The van der Waals surface area contributed by atoms with Crippen molar-refractivity contribution in [2.24, 2.45) is 0 Å². The van der Waals surface area contributed by atoms with E-state index in [0.29, 0.717) is 12.2 Å². The van der Waals surface area contributed by atoms with Gasteiger partial charge in [0.05, 0.1) is 11.4 Å². The van der Waals surface area contributed by atoms with Crippen LogP contribution in [0.3, 0.4) is 0 Å². The molecule has 1 unspecified atom stereocenters. The summed E-state index contributed by atoms with van der Waals surface area (Å²) in [5, 5.41) is 0. The fraction of sp³-hybridized carbons (Fsp3) is 0.250. The van der Waals surface area contributed by atoms with Crippen LogP contribution in [0.1, 0.15) is 28.4 Å². The molecule has 0 amide bonds. The maximum absolute atomic E-state index is 13.9. The average Bonchev–Trinajstić information content (AvgIpc) is 2.42. The van der Waals surface area contributed by atoms with E-state index in [0.717, 1.165) is 16.9 Å². The summed E-state index contributed by atoms with van der Waals surface area (Å²) in [6.07, 6.45) is 0. The number of ether oxygens (including phenoxy) is 1. The largest absolute Gasteiger partial charge is 0.494 e. The van der Waals surface area contributed by atoms with E-state index >= 15 is 0 Å². The third kappa shape index (κ3) is 3.35. The summed E-state index contributed by atoms with van der Waals surface area (Å²) in [5.41, 5.74) is 2.71. The van der Waals surface area contributed by atoms with Crippen molar-refractivity contribution in [3.63, 3.8) is 0 Å². The second-order valence-corrected chi connectivity index (χ2v) is 5.31. The van der Waals surface area contributed by atoms with Gasteiger partial charge < -0.3 is 4.74 Å². The minimum absolute atomic E-state index is 0.150. The summed E-state index contributed by atoms with van der Waals surface area (Å²) in [6.45, 7) is 4.55. The molecule has 0 heterocycles. The summed E-state index contributed by atoms with van der Waals surface area (Å²) in [5.74, 6) is 0.636. The Kier molecular flexibility index (Phi) is 4.59. The van der Waals surface area contributed by atoms with Gasteiger partial charge in [0.2, 0.25) is 0 Å². The van der Waals surface area contributed by atoms with Gasteiger partial charge in [0.15, 0.2) is 0 Å². The van der Waals surface area contributed by atoms with Crippen molar-refractivity contribution < 1.29 is 9.13 Å². The molecule has 0 aromatic heterocycles. The summed E-state index contributed by atoms with van der Waals surface area (Å²) < 4.78 is 19.3. The van der Waals surface area contributed by atoms with Crippen LogP contribution in [-0.2, 0) is 0 Å². The molecule has 100 valence electrons. The lowest BCUT2D eigenvalue weighted by atomic mass is 10.0. The highest BCUT2D eigenvalue weighted by Gasteiger charge is 2.15. The Bertz CT molecular complexity index is 551. The van der Waals surface area contributed by atoms with E-state index < -0.39 is 0 Å². The van der Waals surface area contributed by atoms with Gasteiger partial charge in [0.1, 0.15) is 11.6 Å². The normalized spacial score (nSPS) is 12.2. The van der Waals surface area contributed by atoms with Gasteiger partial charge in [-0.3, -0.25) is 0 Å². The summed E-state index contributed by atoms with van der Waals surface area (Å²) >= 11 is 3.56. The highest BCUT2D eigenvalue weighted by atomic mass is 79.9. The van der Waals surface area contributed by atoms with E-state index in [-0.39, 0.29) is 10.6 Å². The zero-order valence-electron chi connectivity index (χ0n) is 11.0. The third-order valence-corrected chi connectivity index (χ3v) is 3.93. The van der Waals surface area contributed by atoms with Crippen LogP contribution in [-0.4, -0.2) is 6.61 Å². The van der Waals surface area contributed by atoms with Crippen LogP contribution in [0.2, 0.25) is 0 Å². The number of alkyl halides is 1. The Morgan fingerprint density at radius 3 is 2.47 bits per heavy atom. The molecule has 0 fully saturated rings. The van der Waals surface area contributed by atoms with Crippen molar-refractivity contribution in [1.29, 1.82) is 0 Å². The van der Waals surface area contributed by atoms with Crippen molar-refractivity contribution in [2.45, 2.75) is 18.7 Å². The summed E-state index contributed by atoms with van der Waals surface area (Å²) in [6, 6.07) is 12.9. The fourth-order valence-corrected chi connectivity index (χ4v) is 2.59. The molecule has 1 nitrogen and oxygen atoms in total. The van der Waals surface area contributed by atoms with Crippen LogP contribution in [0.5, 0.6) is 5.75 Å². The van der Waals surface area contributed by atoms with Crippen LogP contribution in [0.25, 0.3) is 0 Å². The van der Waals surface area contributed by atoms with E-state index in [9.17, 15) is 4.39 Å². The minimum atomic E-state index is -0.193. The second kappa shape index (κ2) is 6.20. The molecule has 0 bridgehead atoms. The van der Waals surface area contributed by atoms with Gasteiger partial charge in [-0.1, -0.05) is 45.8 Å². The predicted molar refractivity (Wildman–Crippen MR) is 79.5 cm³/mol. The number of hydrogen-bond acceptors (Lipinski definition) is 1. The highest BCUT2D eigenvalue weighted by Crippen LogP contribution is 2.33. The van der Waals surface area contributed by atoms with E-state index in [4.69, 9.17) is 4.74 Å². The zero-order chi connectivity index (χ0) is 13.8. The Morgan fingerprint density at radius 2 is 1.84 bits per heavy atom. The molecule has 0 aliphatic heterocycles. The lowest BCUT2D eigenvalue weighted by Crippen LogP contribution is -1.98. The van der Waals surface area contributed by atoms with E-state index in [2.05, 4.69) is 15.9 Å². The Labute approximate surface area is 121 Å². The zero-order valence-corrected chi connectivity index (χ0v) is 12.6. The van der Waals surface area contributed by atoms with Gasteiger partial charge in [-0.2, -0.15) is 0 Å². The molecule has 3 heteroatoms. The Balaban J connectivity index is 2.27. The number of halogens is 2. The molecule has 0 aliphatic carbocycles. The molecule has 0 saturated heterocycles. The predicted octanol–water partition coefficient (Wildman–Crippen LogP) is 5.02. The van der Waals surface area contributed by atoms with Gasteiger partial charge in [-0.05, 0) is 37.6 Å². The molecule has 19 heavy (non-hydrogen) atoms. The fourth-order valence-electron chi connectivity index (χ4n) is 1.94. The van der Waals surface area contributed by atoms with Gasteiger partial charge in [0, 0.05) is 5.56 Å². The molecule has 0 aliphatic rings. The first-order chi connectivity index (χ1) is 9.11. The molecule has 2 rings (SSSR count). The van der Waals surface area contributed by atoms with Gasteiger partial charge >= 0.3 is 0 Å². The third-order valence-electron chi connectivity index (χ3n) is 2.91. The summed E-state index contributed by atoms with van der Waals surface area (Å²) in [7, 11) is 0. The van der Waals surface area contributed by atoms with E-state index in [1.165, 1.54) is 6.07 Å². The molecular formula is C16H16BrFO. The van der Waals surface area contributed by atoms with E-state index in [1.54, 1.807) is 6.07 Å². The Morgan fingerprint density at radius 1 is 1.16 bits per heavy atom. The molecule has 0 spiro atoms. The van der Waals surface area contributed by atoms with Crippen molar-refractivity contribution in [3.05, 3.63) is 65.0 Å². The molecule has 2 aromatic rings. The lowest BCUT2D eigenvalue weighted by molar-refractivity contribution is 0.340. The molecule has 2 aromatic carbocycles. The lowest BCUT2D eigenvalue weighted by Gasteiger charge is -2.13. The number of aryl methyl sites for hydroxylation is 1. The second-order valence-electron chi connectivity index (χ2n) is 4.39. The van der Waals surface area contributed by atoms with Crippen LogP contribution < -0.4 is 4.74 Å². The molecule has 0 radical (unpaired) electrons. The minimum Gasteiger partial charge on any atom is -0.494 e. The van der Waals surface area contributed by atoms with Gasteiger partial charge in [-0.25, -0.2) is 4.39 Å². The van der Waals surface area contributed by atoms with Crippen LogP contribution in [0.15, 0.2) is 42.5 Å². The van der Waals surface area contributed by atoms with Gasteiger partial charge in [-0.15, -0.1) is 0 Å². The first-order valence-corrected chi connectivity index (χ1v) is 7.16. The first-order valence-electron chi connectivity index (χ1n) is 6.24. The maximum Gasteiger partial charge on any atom is 0.127 e. The topological polar surface area (TPSA) is 9.23 Å². The summed E-state index contributed by atoms with van der Waals surface area (Å²) in [4.78, 5) is -0.150. The average molecular weight is 323 g/mol. The maximum atomic E-state index is 13.9. The van der Waals surface area contributed by atoms with Crippen LogP contribution in [0.4, 0.5) is 4.39 Å².